The van der Waals surface area contributed by atoms with Crippen molar-refractivity contribution in [3.8, 4) is 0 Å². The van der Waals surface area contributed by atoms with Crippen molar-refractivity contribution in [3.05, 3.63) is 36.0 Å². The molecule has 0 N–H and O–H groups in total. The molecular formula is C10H14O2. The van der Waals surface area contributed by atoms with Crippen LogP contribution in [0.2, 0.25) is 0 Å². The second-order valence-corrected chi connectivity index (χ2v) is 2.30. The number of rotatable bonds is 3. The molecule has 0 radical (unpaired) electrons. The number of allylic oxidation sites excluding steroid dienone is 5. The van der Waals surface area contributed by atoms with E-state index in [1.165, 1.54) is 13.2 Å². The standard InChI is InChI=1S/C10H14O2/c1-4-5-6-7-9(2)8-10(11)12-3/h4-8H,1-3H3. The summed E-state index contributed by atoms with van der Waals surface area (Å²) in [5, 5.41) is 0. The van der Waals surface area contributed by atoms with Crippen molar-refractivity contribution in [2.45, 2.75) is 13.8 Å². The van der Waals surface area contributed by atoms with Gasteiger partial charge in [-0.2, -0.15) is 0 Å². The Morgan fingerprint density at radius 1 is 1.33 bits per heavy atom. The second kappa shape index (κ2) is 6.40. The van der Waals surface area contributed by atoms with Gasteiger partial charge in [0, 0.05) is 6.08 Å². The lowest BCUT2D eigenvalue weighted by Crippen LogP contribution is -1.94. The number of ether oxygens (including phenoxy) is 1. The molecule has 0 saturated heterocycles. The van der Waals surface area contributed by atoms with Gasteiger partial charge in [0.1, 0.15) is 0 Å². The van der Waals surface area contributed by atoms with Crippen molar-refractivity contribution in [1.29, 1.82) is 0 Å². The van der Waals surface area contributed by atoms with Crippen molar-refractivity contribution in [2.24, 2.45) is 0 Å². The summed E-state index contributed by atoms with van der Waals surface area (Å²) < 4.78 is 4.46. The summed E-state index contributed by atoms with van der Waals surface area (Å²) in [6.45, 7) is 3.78. The largest absolute Gasteiger partial charge is 0.466 e. The highest BCUT2D eigenvalue weighted by atomic mass is 16.5. The molecule has 0 bridgehead atoms. The fourth-order valence-electron chi connectivity index (χ4n) is 0.611. The number of hydrogen-bond donors (Lipinski definition) is 0. The van der Waals surface area contributed by atoms with E-state index in [1.807, 2.05) is 38.2 Å². The molecule has 0 unspecified atom stereocenters. The monoisotopic (exact) mass is 166 g/mol. The Bertz CT molecular complexity index is 222. The second-order valence-electron chi connectivity index (χ2n) is 2.30. The van der Waals surface area contributed by atoms with Crippen LogP contribution in [0, 0.1) is 0 Å². The van der Waals surface area contributed by atoms with Crippen LogP contribution in [-0.2, 0) is 9.53 Å². The zero-order valence-electron chi connectivity index (χ0n) is 7.70. The molecule has 0 aromatic rings. The van der Waals surface area contributed by atoms with Gasteiger partial charge < -0.3 is 4.74 Å². The van der Waals surface area contributed by atoms with Crippen molar-refractivity contribution >= 4 is 5.97 Å². The first kappa shape index (κ1) is 10.7. The minimum atomic E-state index is -0.322. The molecular weight excluding hydrogens is 152 g/mol. The van der Waals surface area contributed by atoms with Crippen LogP contribution in [0.5, 0.6) is 0 Å². The smallest absolute Gasteiger partial charge is 0.330 e. The molecule has 0 aliphatic heterocycles. The van der Waals surface area contributed by atoms with E-state index >= 15 is 0 Å². The minimum Gasteiger partial charge on any atom is -0.466 e. The molecule has 0 aromatic heterocycles. The summed E-state index contributed by atoms with van der Waals surface area (Å²) in [5.41, 5.74) is 0.875. The van der Waals surface area contributed by atoms with Gasteiger partial charge in [0.25, 0.3) is 0 Å². The molecule has 12 heavy (non-hydrogen) atoms. The topological polar surface area (TPSA) is 26.3 Å². The normalized spacial score (nSPS) is 12.8. The van der Waals surface area contributed by atoms with E-state index in [0.717, 1.165) is 5.57 Å². The predicted molar refractivity (Wildman–Crippen MR) is 49.7 cm³/mol. The highest BCUT2D eigenvalue weighted by Crippen LogP contribution is 1.95. The van der Waals surface area contributed by atoms with Gasteiger partial charge >= 0.3 is 5.97 Å². The summed E-state index contributed by atoms with van der Waals surface area (Å²) in [6, 6.07) is 0. The molecule has 0 aliphatic carbocycles. The van der Waals surface area contributed by atoms with Gasteiger partial charge in [-0.05, 0) is 19.4 Å². The van der Waals surface area contributed by atoms with Crippen LogP contribution < -0.4 is 0 Å². The Morgan fingerprint density at radius 2 is 2.00 bits per heavy atom. The molecule has 0 spiro atoms. The Labute approximate surface area is 73.2 Å². The molecule has 0 atom stereocenters. The Kier molecular flexibility index (Phi) is 5.70. The van der Waals surface area contributed by atoms with Gasteiger partial charge in [0.15, 0.2) is 0 Å². The number of carbonyl (C=O) groups is 1. The van der Waals surface area contributed by atoms with Crippen LogP contribution in [-0.4, -0.2) is 13.1 Å². The fraction of sp³-hybridized carbons (Fsp3) is 0.300. The number of esters is 1. The Morgan fingerprint density at radius 3 is 2.50 bits per heavy atom. The van der Waals surface area contributed by atoms with Gasteiger partial charge in [-0.25, -0.2) is 4.79 Å². The van der Waals surface area contributed by atoms with Gasteiger partial charge in [-0.1, -0.05) is 24.3 Å². The summed E-state index contributed by atoms with van der Waals surface area (Å²) in [4.78, 5) is 10.7. The van der Waals surface area contributed by atoms with Crippen LogP contribution in [0.25, 0.3) is 0 Å². The van der Waals surface area contributed by atoms with Crippen LogP contribution >= 0.6 is 0 Å². The van der Waals surface area contributed by atoms with Crippen LogP contribution in [0.1, 0.15) is 13.8 Å². The zero-order valence-corrected chi connectivity index (χ0v) is 7.70. The summed E-state index contributed by atoms with van der Waals surface area (Å²) >= 11 is 0. The average molecular weight is 166 g/mol. The SMILES string of the molecule is CC=CC=CC(C)=CC(=O)OC. The Hall–Kier alpha value is -1.31. The summed E-state index contributed by atoms with van der Waals surface area (Å²) in [6.07, 6.45) is 8.97. The number of carbonyl (C=O) groups excluding carboxylic acids is 1. The molecule has 0 amide bonds. The maximum absolute atomic E-state index is 10.7. The fourth-order valence-corrected chi connectivity index (χ4v) is 0.611. The zero-order chi connectivity index (χ0) is 9.40. The molecule has 0 fully saturated rings. The minimum absolute atomic E-state index is 0.322. The summed E-state index contributed by atoms with van der Waals surface area (Å²) in [5.74, 6) is -0.322. The van der Waals surface area contributed by atoms with Gasteiger partial charge in [-0.15, -0.1) is 0 Å². The van der Waals surface area contributed by atoms with E-state index in [1.54, 1.807) is 0 Å². The molecule has 66 valence electrons. The maximum Gasteiger partial charge on any atom is 0.330 e. The summed E-state index contributed by atoms with van der Waals surface area (Å²) in [7, 11) is 1.36. The molecule has 2 nitrogen and oxygen atoms in total. The molecule has 0 aliphatic rings. The van der Waals surface area contributed by atoms with E-state index in [0.29, 0.717) is 0 Å². The molecule has 0 saturated carbocycles. The number of methoxy groups -OCH3 is 1. The van der Waals surface area contributed by atoms with E-state index in [4.69, 9.17) is 0 Å². The van der Waals surface area contributed by atoms with E-state index in [2.05, 4.69) is 4.74 Å². The highest BCUT2D eigenvalue weighted by molar-refractivity contribution is 5.83. The van der Waals surface area contributed by atoms with Gasteiger partial charge in [-0.3, -0.25) is 0 Å². The van der Waals surface area contributed by atoms with Gasteiger partial charge in [0.05, 0.1) is 7.11 Å². The van der Waals surface area contributed by atoms with E-state index < -0.39 is 0 Å². The van der Waals surface area contributed by atoms with Crippen molar-refractivity contribution in [3.63, 3.8) is 0 Å². The van der Waals surface area contributed by atoms with Crippen molar-refractivity contribution in [2.75, 3.05) is 7.11 Å². The first-order chi connectivity index (χ1) is 5.70. The first-order valence-corrected chi connectivity index (χ1v) is 3.76. The first-order valence-electron chi connectivity index (χ1n) is 3.76. The quantitative estimate of drug-likeness (QED) is 0.365. The Balaban J connectivity index is 4.10. The molecule has 0 rings (SSSR count). The third-order valence-electron chi connectivity index (χ3n) is 1.21. The molecule has 0 heterocycles. The maximum atomic E-state index is 10.7. The van der Waals surface area contributed by atoms with Crippen molar-refractivity contribution < 1.29 is 9.53 Å². The average Bonchev–Trinajstić information content (AvgIpc) is 2.05. The van der Waals surface area contributed by atoms with Crippen LogP contribution in [0.3, 0.4) is 0 Å². The van der Waals surface area contributed by atoms with Crippen LogP contribution in [0.15, 0.2) is 36.0 Å². The number of hydrogen-bond acceptors (Lipinski definition) is 2. The van der Waals surface area contributed by atoms with Crippen LogP contribution in [0.4, 0.5) is 0 Å². The van der Waals surface area contributed by atoms with Crippen molar-refractivity contribution in [1.82, 2.24) is 0 Å². The predicted octanol–water partition coefficient (Wildman–Crippen LogP) is 2.24. The highest BCUT2D eigenvalue weighted by Gasteiger charge is 1.91. The lowest BCUT2D eigenvalue weighted by Gasteiger charge is -1.91. The lowest BCUT2D eigenvalue weighted by molar-refractivity contribution is -0.134. The van der Waals surface area contributed by atoms with E-state index in [9.17, 15) is 4.79 Å². The van der Waals surface area contributed by atoms with Gasteiger partial charge in [0.2, 0.25) is 0 Å². The lowest BCUT2D eigenvalue weighted by atomic mass is 10.2. The molecule has 0 aromatic carbocycles. The third-order valence-corrected chi connectivity index (χ3v) is 1.21. The third kappa shape index (κ3) is 5.47. The molecule has 2 heteroatoms. The van der Waals surface area contributed by atoms with E-state index in [-0.39, 0.29) is 5.97 Å².